The number of carbonyl (C=O) groups is 2. The zero-order valence-electron chi connectivity index (χ0n) is 16.9. The monoisotopic (exact) mass is 419 g/mol. The van der Waals surface area contributed by atoms with Gasteiger partial charge in [-0.05, 0) is 16.9 Å². The van der Waals surface area contributed by atoms with Gasteiger partial charge in [0, 0.05) is 47.8 Å². The molecule has 2 aliphatic carbocycles. The van der Waals surface area contributed by atoms with Crippen LogP contribution < -0.4 is 0 Å². The number of hydrogen-bond donors (Lipinski definition) is 2. The molecule has 3 rings (SSSR count). The van der Waals surface area contributed by atoms with Gasteiger partial charge in [0.25, 0.3) is 0 Å². The maximum atomic E-state index is 13.0. The lowest BCUT2D eigenvalue weighted by Gasteiger charge is -2.36. The summed E-state index contributed by atoms with van der Waals surface area (Å²) in [6, 6.07) is 2.81. The normalized spacial score (nSPS) is 21.8. The zero-order valence-corrected chi connectivity index (χ0v) is 17.8. The van der Waals surface area contributed by atoms with E-state index in [1.54, 1.807) is 0 Å². The highest BCUT2D eigenvalue weighted by molar-refractivity contribution is 7.15. The Morgan fingerprint density at radius 2 is 1.38 bits per heavy atom. The number of Topliss-reactive ketones (excluding diaryl/α,β-unsaturated/α-hetero) is 2. The summed E-state index contributed by atoms with van der Waals surface area (Å²) in [5.41, 5.74) is -0.719. The number of hydrogen-bond acceptors (Lipinski definition) is 7. The topological polar surface area (TPSA) is 118 Å². The van der Waals surface area contributed by atoms with Gasteiger partial charge in [0.2, 0.25) is 0 Å². The van der Waals surface area contributed by atoms with Crippen LogP contribution in [0.1, 0.15) is 64.2 Å². The first-order valence-electron chi connectivity index (χ1n) is 9.46. The van der Waals surface area contributed by atoms with Crippen LogP contribution in [0.4, 0.5) is 5.00 Å². The Bertz CT molecular complexity index is 914. The van der Waals surface area contributed by atoms with Gasteiger partial charge in [-0.3, -0.25) is 19.7 Å². The van der Waals surface area contributed by atoms with Crippen molar-refractivity contribution in [2.45, 2.75) is 59.3 Å². The Balaban J connectivity index is 2.22. The molecule has 0 saturated carbocycles. The highest BCUT2D eigenvalue weighted by Crippen LogP contribution is 2.49. The third kappa shape index (κ3) is 4.12. The van der Waals surface area contributed by atoms with Crippen LogP contribution in [0.2, 0.25) is 0 Å². The first-order valence-corrected chi connectivity index (χ1v) is 10.3. The van der Waals surface area contributed by atoms with Crippen molar-refractivity contribution in [1.82, 2.24) is 0 Å². The number of nitro groups is 1. The summed E-state index contributed by atoms with van der Waals surface area (Å²) in [6.45, 7) is 7.48. The standard InChI is InChI=1S/C21H25NO6S/c1-20(2)7-11(23)17(12(24)8-20)19(15-5-6-16(29-15)22(27)28)18-13(25)9-21(3,4)10-14(18)26/h5-6,19,23,25H,7-10H2,1-4H3. The molecule has 2 N–H and O–H groups in total. The van der Waals surface area contributed by atoms with Crippen LogP contribution in [0.5, 0.6) is 0 Å². The minimum absolute atomic E-state index is 0.0654. The van der Waals surface area contributed by atoms with Crippen molar-refractivity contribution >= 4 is 27.9 Å². The van der Waals surface area contributed by atoms with Crippen molar-refractivity contribution in [3.8, 4) is 0 Å². The van der Waals surface area contributed by atoms with Crippen LogP contribution in [0.15, 0.2) is 34.8 Å². The Hall–Kier alpha value is -2.48. The summed E-state index contributed by atoms with van der Waals surface area (Å²) >= 11 is 0.850. The van der Waals surface area contributed by atoms with Gasteiger partial charge >= 0.3 is 5.00 Å². The second-order valence-corrected chi connectivity index (χ2v) is 10.6. The number of aliphatic hydroxyl groups excluding tert-OH is 2. The van der Waals surface area contributed by atoms with Crippen LogP contribution >= 0.6 is 11.3 Å². The van der Waals surface area contributed by atoms with E-state index in [9.17, 15) is 29.9 Å². The molecule has 29 heavy (non-hydrogen) atoms. The number of carbonyl (C=O) groups excluding carboxylic acids is 2. The second kappa shape index (κ2) is 7.09. The fourth-order valence-electron chi connectivity index (χ4n) is 4.28. The summed E-state index contributed by atoms with van der Waals surface area (Å²) in [5, 5.41) is 32.5. The molecule has 156 valence electrons. The molecule has 8 heteroatoms. The van der Waals surface area contributed by atoms with E-state index in [1.165, 1.54) is 12.1 Å². The van der Waals surface area contributed by atoms with E-state index in [0.717, 1.165) is 11.3 Å². The highest BCUT2D eigenvalue weighted by atomic mass is 32.1. The molecule has 0 spiro atoms. The second-order valence-electron chi connectivity index (χ2n) is 9.47. The number of thiophene rings is 1. The van der Waals surface area contributed by atoms with Crippen LogP contribution in [0, 0.1) is 20.9 Å². The summed E-state index contributed by atoms with van der Waals surface area (Å²) < 4.78 is 0. The molecule has 1 aromatic heterocycles. The van der Waals surface area contributed by atoms with Crippen LogP contribution in [-0.2, 0) is 9.59 Å². The first kappa shape index (κ1) is 21.2. The van der Waals surface area contributed by atoms with E-state index in [0.29, 0.717) is 4.88 Å². The number of nitrogens with zero attached hydrogens (tertiary/aromatic N) is 1. The van der Waals surface area contributed by atoms with E-state index < -0.39 is 21.7 Å². The molecule has 0 radical (unpaired) electrons. The van der Waals surface area contributed by atoms with Gasteiger partial charge in [-0.1, -0.05) is 39.0 Å². The van der Waals surface area contributed by atoms with Gasteiger partial charge in [0.1, 0.15) is 11.5 Å². The Kier molecular flexibility index (Phi) is 5.19. The van der Waals surface area contributed by atoms with Crippen molar-refractivity contribution in [1.29, 1.82) is 0 Å². The van der Waals surface area contributed by atoms with Gasteiger partial charge < -0.3 is 10.2 Å². The highest BCUT2D eigenvalue weighted by Gasteiger charge is 2.44. The van der Waals surface area contributed by atoms with Crippen molar-refractivity contribution in [3.05, 3.63) is 49.8 Å². The molecular formula is C21H25NO6S. The molecule has 0 aliphatic heterocycles. The average Bonchev–Trinajstić information content (AvgIpc) is 2.99. The molecule has 0 amide bonds. The third-order valence-electron chi connectivity index (χ3n) is 5.45. The largest absolute Gasteiger partial charge is 0.512 e. The average molecular weight is 419 g/mol. The zero-order chi connectivity index (χ0) is 21.7. The molecular weight excluding hydrogens is 394 g/mol. The lowest BCUT2D eigenvalue weighted by Crippen LogP contribution is -2.33. The van der Waals surface area contributed by atoms with Crippen molar-refractivity contribution in [2.75, 3.05) is 0 Å². The fraction of sp³-hybridized carbons (Fsp3) is 0.524. The summed E-state index contributed by atoms with van der Waals surface area (Å²) in [5.74, 6) is -1.85. The molecule has 0 bridgehead atoms. The fourth-order valence-corrected chi connectivity index (χ4v) is 5.22. The van der Waals surface area contributed by atoms with E-state index >= 15 is 0 Å². The molecule has 7 nitrogen and oxygen atoms in total. The molecule has 0 aromatic carbocycles. The molecule has 2 aliphatic rings. The number of ketones is 2. The van der Waals surface area contributed by atoms with Crippen molar-refractivity contribution in [2.24, 2.45) is 10.8 Å². The summed E-state index contributed by atoms with van der Waals surface area (Å²) in [4.78, 5) is 37.0. The predicted octanol–water partition coefficient (Wildman–Crippen LogP) is 5.14. The van der Waals surface area contributed by atoms with Crippen LogP contribution in [-0.4, -0.2) is 26.7 Å². The molecule has 0 atom stereocenters. The lowest BCUT2D eigenvalue weighted by molar-refractivity contribution is -0.380. The molecule has 0 saturated heterocycles. The number of rotatable bonds is 4. The van der Waals surface area contributed by atoms with Crippen LogP contribution in [0.3, 0.4) is 0 Å². The number of aliphatic hydroxyl groups is 2. The van der Waals surface area contributed by atoms with Gasteiger partial charge in [-0.25, -0.2) is 0 Å². The van der Waals surface area contributed by atoms with E-state index in [2.05, 4.69) is 0 Å². The Labute approximate surface area is 172 Å². The Morgan fingerprint density at radius 1 is 0.931 bits per heavy atom. The van der Waals surface area contributed by atoms with Crippen molar-refractivity contribution in [3.63, 3.8) is 0 Å². The minimum Gasteiger partial charge on any atom is -0.512 e. The third-order valence-corrected chi connectivity index (χ3v) is 6.55. The predicted molar refractivity (Wildman–Crippen MR) is 109 cm³/mol. The SMILES string of the molecule is CC1(C)CC(=O)C(C(C2=C(O)CC(C)(C)CC2=O)c2ccc([N+](=O)[O-])s2)=C(O)C1. The smallest absolute Gasteiger partial charge is 0.324 e. The van der Waals surface area contributed by atoms with E-state index in [-0.39, 0.29) is 64.9 Å². The molecule has 0 fully saturated rings. The summed E-state index contributed by atoms with van der Waals surface area (Å²) in [6.07, 6.45) is 0.881. The van der Waals surface area contributed by atoms with E-state index in [4.69, 9.17) is 0 Å². The maximum absolute atomic E-state index is 13.0. The molecule has 1 heterocycles. The summed E-state index contributed by atoms with van der Waals surface area (Å²) in [7, 11) is 0. The molecule has 1 aromatic rings. The maximum Gasteiger partial charge on any atom is 0.324 e. The quantitative estimate of drug-likeness (QED) is 0.515. The number of allylic oxidation sites excluding steroid dienone is 4. The van der Waals surface area contributed by atoms with Gasteiger partial charge in [0.15, 0.2) is 11.6 Å². The van der Waals surface area contributed by atoms with Gasteiger partial charge in [-0.2, -0.15) is 0 Å². The Morgan fingerprint density at radius 3 is 1.72 bits per heavy atom. The minimum atomic E-state index is -0.999. The van der Waals surface area contributed by atoms with Crippen LogP contribution in [0.25, 0.3) is 0 Å². The van der Waals surface area contributed by atoms with E-state index in [1.807, 2.05) is 27.7 Å². The van der Waals surface area contributed by atoms with Gasteiger partial charge in [-0.15, -0.1) is 0 Å². The van der Waals surface area contributed by atoms with Crippen molar-refractivity contribution < 1.29 is 24.7 Å². The lowest BCUT2D eigenvalue weighted by atomic mass is 9.68. The first-order chi connectivity index (χ1) is 13.3. The molecule has 0 unspecified atom stereocenters. The van der Waals surface area contributed by atoms with Gasteiger partial charge in [0.05, 0.1) is 10.8 Å².